The summed E-state index contributed by atoms with van der Waals surface area (Å²) in [6.45, 7) is 2.14. The molecule has 1 N–H and O–H groups in total. The molecule has 5 nitrogen and oxygen atoms in total. The Hall–Kier alpha value is -2.95. The summed E-state index contributed by atoms with van der Waals surface area (Å²) in [5.74, 6) is 0.738. The van der Waals surface area contributed by atoms with Crippen molar-refractivity contribution in [3.8, 4) is 17.1 Å². The van der Waals surface area contributed by atoms with Gasteiger partial charge in [0, 0.05) is 22.7 Å². The summed E-state index contributed by atoms with van der Waals surface area (Å²) in [5.41, 5.74) is 4.33. The molecule has 0 spiro atoms. The van der Waals surface area contributed by atoms with Crippen LogP contribution in [0.5, 0.6) is 0 Å². The molecule has 4 aromatic rings. The minimum absolute atomic E-state index is 0.738. The normalized spacial score (nSPS) is 11.1. The van der Waals surface area contributed by atoms with Gasteiger partial charge in [-0.2, -0.15) is 4.68 Å². The number of benzene rings is 2. The molecule has 0 fully saturated rings. The van der Waals surface area contributed by atoms with E-state index in [9.17, 15) is 0 Å². The predicted octanol–water partition coefficient (Wildman–Crippen LogP) is 3.37. The third kappa shape index (κ3) is 1.98. The number of para-hydroxylation sites is 1. The molecular weight excluding hydrogens is 274 g/mol. The summed E-state index contributed by atoms with van der Waals surface area (Å²) in [7, 11) is 0. The second-order valence-electron chi connectivity index (χ2n) is 5.18. The van der Waals surface area contributed by atoms with E-state index in [4.69, 9.17) is 0 Å². The third-order valence-electron chi connectivity index (χ3n) is 3.89. The third-order valence-corrected chi connectivity index (χ3v) is 3.89. The van der Waals surface area contributed by atoms with Crippen molar-refractivity contribution in [2.24, 2.45) is 0 Å². The van der Waals surface area contributed by atoms with Gasteiger partial charge in [0.05, 0.1) is 5.69 Å². The van der Waals surface area contributed by atoms with Gasteiger partial charge in [0.1, 0.15) is 0 Å². The second kappa shape index (κ2) is 5.11. The fraction of sp³-hybridized carbons (Fsp3) is 0.118. The van der Waals surface area contributed by atoms with Crippen LogP contribution >= 0.6 is 0 Å². The molecule has 0 aliphatic heterocycles. The number of H-pyrrole nitrogens is 1. The fourth-order valence-corrected chi connectivity index (χ4v) is 2.66. The molecule has 4 rings (SSSR count). The minimum atomic E-state index is 0.738. The Bertz CT molecular complexity index is 918. The van der Waals surface area contributed by atoms with Gasteiger partial charge < -0.3 is 4.98 Å². The number of nitrogens with one attached hydrogen (secondary N) is 1. The zero-order chi connectivity index (χ0) is 14.9. The van der Waals surface area contributed by atoms with Crippen LogP contribution in [0.2, 0.25) is 0 Å². The molecular formula is C17H15N5. The number of hydrogen-bond donors (Lipinski definition) is 1. The Morgan fingerprint density at radius 1 is 1.05 bits per heavy atom. The Morgan fingerprint density at radius 2 is 1.86 bits per heavy atom. The van der Waals surface area contributed by atoms with Gasteiger partial charge in [-0.05, 0) is 40.6 Å². The SMILES string of the molecule is CCc1ccc(-n2nnnc2-c2c[nH]c3ccccc23)cc1. The summed E-state index contributed by atoms with van der Waals surface area (Å²) in [6.07, 6.45) is 2.97. The van der Waals surface area contributed by atoms with Gasteiger partial charge in [0.2, 0.25) is 0 Å². The summed E-state index contributed by atoms with van der Waals surface area (Å²) in [6, 6.07) is 16.5. The summed E-state index contributed by atoms with van der Waals surface area (Å²) < 4.78 is 1.77. The molecule has 0 aliphatic carbocycles. The van der Waals surface area contributed by atoms with Crippen LogP contribution in [0.3, 0.4) is 0 Å². The monoisotopic (exact) mass is 289 g/mol. The number of hydrogen-bond acceptors (Lipinski definition) is 3. The molecule has 2 aromatic heterocycles. The van der Waals surface area contributed by atoms with Crippen LogP contribution in [-0.2, 0) is 6.42 Å². The molecule has 5 heteroatoms. The van der Waals surface area contributed by atoms with Crippen molar-refractivity contribution in [3.05, 3.63) is 60.3 Å². The molecule has 0 aliphatic rings. The highest BCUT2D eigenvalue weighted by Gasteiger charge is 2.14. The van der Waals surface area contributed by atoms with Crippen molar-refractivity contribution < 1.29 is 0 Å². The maximum absolute atomic E-state index is 4.21. The van der Waals surface area contributed by atoms with Gasteiger partial charge in [0.15, 0.2) is 5.82 Å². The number of nitrogens with zero attached hydrogens (tertiary/aromatic N) is 4. The lowest BCUT2D eigenvalue weighted by atomic mass is 10.1. The van der Waals surface area contributed by atoms with Crippen LogP contribution in [0.1, 0.15) is 12.5 Å². The zero-order valence-electron chi connectivity index (χ0n) is 12.2. The maximum atomic E-state index is 4.21. The Kier molecular flexibility index (Phi) is 2.96. The quantitative estimate of drug-likeness (QED) is 0.629. The number of fused-ring (bicyclic) bond motifs is 1. The molecule has 0 bridgehead atoms. The highest BCUT2D eigenvalue weighted by Crippen LogP contribution is 2.27. The molecule has 22 heavy (non-hydrogen) atoms. The van der Waals surface area contributed by atoms with Crippen molar-refractivity contribution in [1.29, 1.82) is 0 Å². The molecule has 0 unspecified atom stereocenters. The van der Waals surface area contributed by atoms with Crippen molar-refractivity contribution in [2.45, 2.75) is 13.3 Å². The Morgan fingerprint density at radius 3 is 2.68 bits per heavy atom. The lowest BCUT2D eigenvalue weighted by molar-refractivity contribution is 0.791. The Labute approximate surface area is 127 Å². The van der Waals surface area contributed by atoms with Gasteiger partial charge in [-0.15, -0.1) is 5.10 Å². The van der Waals surface area contributed by atoms with Gasteiger partial charge in [0.25, 0.3) is 0 Å². The maximum Gasteiger partial charge on any atom is 0.189 e. The summed E-state index contributed by atoms with van der Waals surface area (Å²) >= 11 is 0. The fourth-order valence-electron chi connectivity index (χ4n) is 2.66. The Balaban J connectivity index is 1.85. The van der Waals surface area contributed by atoms with E-state index in [0.717, 1.165) is 34.4 Å². The van der Waals surface area contributed by atoms with E-state index in [1.54, 1.807) is 4.68 Å². The van der Waals surface area contributed by atoms with Gasteiger partial charge >= 0.3 is 0 Å². The van der Waals surface area contributed by atoms with E-state index in [-0.39, 0.29) is 0 Å². The molecule has 108 valence electrons. The smallest absolute Gasteiger partial charge is 0.189 e. The lowest BCUT2D eigenvalue weighted by Crippen LogP contribution is -1.99. The number of aromatic nitrogens is 5. The van der Waals surface area contributed by atoms with E-state index in [1.165, 1.54) is 5.56 Å². The molecule has 0 saturated heterocycles. The van der Waals surface area contributed by atoms with Gasteiger partial charge in [-0.1, -0.05) is 37.3 Å². The number of aryl methyl sites for hydroxylation is 1. The van der Waals surface area contributed by atoms with E-state index in [0.29, 0.717) is 0 Å². The average molecular weight is 289 g/mol. The van der Waals surface area contributed by atoms with E-state index in [1.807, 2.05) is 36.5 Å². The van der Waals surface area contributed by atoms with E-state index in [2.05, 4.69) is 45.6 Å². The zero-order valence-corrected chi connectivity index (χ0v) is 12.2. The lowest BCUT2D eigenvalue weighted by Gasteiger charge is -2.05. The van der Waals surface area contributed by atoms with Crippen LogP contribution < -0.4 is 0 Å². The van der Waals surface area contributed by atoms with E-state index < -0.39 is 0 Å². The average Bonchev–Trinajstić information content (AvgIpc) is 3.21. The van der Waals surface area contributed by atoms with Gasteiger partial charge in [-0.3, -0.25) is 0 Å². The first kappa shape index (κ1) is 12.8. The van der Waals surface area contributed by atoms with Crippen molar-refractivity contribution in [1.82, 2.24) is 25.2 Å². The number of tetrazole rings is 1. The van der Waals surface area contributed by atoms with Crippen LogP contribution in [-0.4, -0.2) is 25.2 Å². The molecule has 0 radical (unpaired) electrons. The van der Waals surface area contributed by atoms with Crippen LogP contribution in [0.15, 0.2) is 54.7 Å². The van der Waals surface area contributed by atoms with Crippen LogP contribution in [0.25, 0.3) is 28.0 Å². The second-order valence-corrected chi connectivity index (χ2v) is 5.18. The number of rotatable bonds is 3. The summed E-state index contributed by atoms with van der Waals surface area (Å²) in [5, 5.41) is 13.3. The first-order chi connectivity index (χ1) is 10.9. The first-order valence-corrected chi connectivity index (χ1v) is 7.31. The molecule has 2 aromatic carbocycles. The van der Waals surface area contributed by atoms with Crippen LogP contribution in [0.4, 0.5) is 0 Å². The first-order valence-electron chi connectivity index (χ1n) is 7.31. The molecule has 0 atom stereocenters. The standard InChI is InChI=1S/C17H15N5/c1-2-12-7-9-13(10-8-12)22-17(19-20-21-22)15-11-18-16-6-4-3-5-14(15)16/h3-11,18H,2H2,1H3. The van der Waals surface area contributed by atoms with Gasteiger partial charge in [-0.25, -0.2) is 0 Å². The van der Waals surface area contributed by atoms with Crippen molar-refractivity contribution >= 4 is 10.9 Å². The molecule has 0 amide bonds. The topological polar surface area (TPSA) is 59.4 Å². The predicted molar refractivity (Wildman–Crippen MR) is 85.8 cm³/mol. The minimum Gasteiger partial charge on any atom is -0.360 e. The molecule has 2 heterocycles. The van der Waals surface area contributed by atoms with Crippen LogP contribution in [0, 0.1) is 0 Å². The van der Waals surface area contributed by atoms with Crippen molar-refractivity contribution in [2.75, 3.05) is 0 Å². The largest absolute Gasteiger partial charge is 0.360 e. The highest BCUT2D eigenvalue weighted by atomic mass is 15.5. The summed E-state index contributed by atoms with van der Waals surface area (Å²) in [4.78, 5) is 3.26. The van der Waals surface area contributed by atoms with Crippen molar-refractivity contribution in [3.63, 3.8) is 0 Å². The highest BCUT2D eigenvalue weighted by molar-refractivity contribution is 5.93. The molecule has 0 saturated carbocycles. The number of aromatic amines is 1. The van der Waals surface area contributed by atoms with E-state index >= 15 is 0 Å².